The highest BCUT2D eigenvalue weighted by atomic mass is 32.1. The number of hydrogen-bond acceptors (Lipinski definition) is 2. The summed E-state index contributed by atoms with van der Waals surface area (Å²) >= 11 is 1.87. The van der Waals surface area contributed by atoms with Gasteiger partial charge in [0.2, 0.25) is 0 Å². The van der Waals surface area contributed by atoms with Crippen LogP contribution in [-0.2, 0) is 0 Å². The Morgan fingerprint density at radius 1 is 0.396 bits per heavy atom. The Morgan fingerprint density at radius 3 is 1.81 bits per heavy atom. The lowest BCUT2D eigenvalue weighted by atomic mass is 9.98. The van der Waals surface area contributed by atoms with Gasteiger partial charge in [-0.25, -0.2) is 0 Å². The second-order valence-corrected chi connectivity index (χ2v) is 14.8. The second kappa shape index (κ2) is 11.9. The Labute approximate surface area is 311 Å². The first-order valence-electron chi connectivity index (χ1n) is 18.1. The molecule has 9 aromatic carbocycles. The van der Waals surface area contributed by atoms with Crippen molar-refractivity contribution in [1.82, 2.24) is 4.57 Å². The van der Waals surface area contributed by atoms with Gasteiger partial charge in [0.15, 0.2) is 0 Å². The average Bonchev–Trinajstić information content (AvgIpc) is 3.76. The van der Waals surface area contributed by atoms with Gasteiger partial charge in [0.1, 0.15) is 0 Å². The Morgan fingerprint density at radius 2 is 1.00 bits per heavy atom. The number of thiophene rings is 1. The number of benzene rings is 9. The van der Waals surface area contributed by atoms with Gasteiger partial charge in [0, 0.05) is 43.3 Å². The molecule has 0 spiro atoms. The van der Waals surface area contributed by atoms with Gasteiger partial charge < -0.3 is 9.47 Å². The summed E-state index contributed by atoms with van der Waals surface area (Å²) in [5.74, 6) is 0. The molecule has 0 aliphatic carbocycles. The molecule has 11 rings (SSSR count). The molecule has 0 unspecified atom stereocenters. The lowest BCUT2D eigenvalue weighted by molar-refractivity contribution is 1.18. The number of para-hydroxylation sites is 1. The summed E-state index contributed by atoms with van der Waals surface area (Å²) in [5, 5.41) is 10.1. The second-order valence-electron chi connectivity index (χ2n) is 13.7. The molecule has 2 aromatic heterocycles. The van der Waals surface area contributed by atoms with E-state index in [1.54, 1.807) is 0 Å². The average molecular weight is 693 g/mol. The van der Waals surface area contributed by atoms with Crippen molar-refractivity contribution < 1.29 is 0 Å². The van der Waals surface area contributed by atoms with Crippen molar-refractivity contribution in [2.24, 2.45) is 0 Å². The minimum Gasteiger partial charge on any atom is -0.309 e. The predicted molar refractivity (Wildman–Crippen MR) is 229 cm³/mol. The van der Waals surface area contributed by atoms with Gasteiger partial charge in [0.05, 0.1) is 21.4 Å². The van der Waals surface area contributed by atoms with E-state index in [-0.39, 0.29) is 0 Å². The first-order valence-corrected chi connectivity index (χ1v) is 18.9. The van der Waals surface area contributed by atoms with Gasteiger partial charge in [-0.2, -0.15) is 0 Å². The Balaban J connectivity index is 1.08. The first kappa shape index (κ1) is 30.0. The van der Waals surface area contributed by atoms with Crippen LogP contribution in [0.4, 0.5) is 17.1 Å². The van der Waals surface area contributed by atoms with E-state index in [0.29, 0.717) is 0 Å². The van der Waals surface area contributed by atoms with E-state index in [2.05, 4.69) is 204 Å². The molecule has 0 saturated heterocycles. The third-order valence-corrected chi connectivity index (χ3v) is 12.0. The third kappa shape index (κ3) is 4.78. The highest BCUT2D eigenvalue weighted by Gasteiger charge is 2.19. The van der Waals surface area contributed by atoms with Crippen LogP contribution < -0.4 is 4.90 Å². The van der Waals surface area contributed by atoms with Crippen LogP contribution >= 0.6 is 11.3 Å². The standard InChI is InChI=1S/C50H32N2S/c1-2-13-36-32-48-45(31-35(36)12-1)42-16-5-7-20-46(42)52(48)39-29-27-38(28-30-39)51(47-21-10-19-44-43-17-6-8-22-49(43)53-50(44)47)37-25-23-34(24-26-37)41-18-9-14-33-11-3-4-15-40(33)41/h1-32H. The Kier molecular flexibility index (Phi) is 6.76. The molecule has 53 heavy (non-hydrogen) atoms. The van der Waals surface area contributed by atoms with E-state index >= 15 is 0 Å². The molecule has 0 saturated carbocycles. The number of fused-ring (bicyclic) bond motifs is 8. The fraction of sp³-hybridized carbons (Fsp3) is 0. The van der Waals surface area contributed by atoms with Crippen LogP contribution in [0.25, 0.3) is 80.3 Å². The number of hydrogen-bond donors (Lipinski definition) is 0. The largest absolute Gasteiger partial charge is 0.309 e. The molecular weight excluding hydrogens is 661 g/mol. The Hall–Kier alpha value is -6.68. The highest BCUT2D eigenvalue weighted by molar-refractivity contribution is 7.26. The summed E-state index contributed by atoms with van der Waals surface area (Å²) in [4.78, 5) is 2.42. The zero-order valence-corrected chi connectivity index (χ0v) is 29.6. The molecule has 0 amide bonds. The van der Waals surface area contributed by atoms with Crippen molar-refractivity contribution >= 4 is 91.9 Å². The predicted octanol–water partition coefficient (Wildman–Crippen LogP) is 14.6. The normalized spacial score (nSPS) is 11.8. The van der Waals surface area contributed by atoms with Crippen LogP contribution in [0, 0.1) is 0 Å². The Bertz CT molecular complexity index is 3160. The smallest absolute Gasteiger partial charge is 0.0640 e. The quantitative estimate of drug-likeness (QED) is 0.174. The fourth-order valence-electron chi connectivity index (χ4n) is 8.29. The van der Waals surface area contributed by atoms with E-state index in [1.165, 1.54) is 80.3 Å². The van der Waals surface area contributed by atoms with Crippen molar-refractivity contribution in [3.8, 4) is 16.8 Å². The van der Waals surface area contributed by atoms with Crippen molar-refractivity contribution in [1.29, 1.82) is 0 Å². The monoisotopic (exact) mass is 692 g/mol. The lowest BCUT2D eigenvalue weighted by Crippen LogP contribution is -2.10. The number of nitrogens with zero attached hydrogens (tertiary/aromatic N) is 2. The van der Waals surface area contributed by atoms with E-state index in [9.17, 15) is 0 Å². The zero-order chi connectivity index (χ0) is 34.9. The van der Waals surface area contributed by atoms with E-state index in [1.807, 2.05) is 11.3 Å². The summed E-state index contributed by atoms with van der Waals surface area (Å²) < 4.78 is 5.00. The molecule has 3 heteroatoms. The maximum atomic E-state index is 2.42. The zero-order valence-electron chi connectivity index (χ0n) is 28.8. The molecule has 11 aromatic rings. The van der Waals surface area contributed by atoms with Gasteiger partial charge >= 0.3 is 0 Å². The topological polar surface area (TPSA) is 8.17 Å². The molecule has 0 fully saturated rings. The van der Waals surface area contributed by atoms with Crippen LogP contribution in [0.3, 0.4) is 0 Å². The van der Waals surface area contributed by atoms with Crippen LogP contribution in [-0.4, -0.2) is 4.57 Å². The molecule has 0 aliphatic heterocycles. The molecule has 248 valence electrons. The van der Waals surface area contributed by atoms with E-state index in [0.717, 1.165) is 17.1 Å². The van der Waals surface area contributed by atoms with Crippen LogP contribution in [0.1, 0.15) is 0 Å². The summed E-state index contributed by atoms with van der Waals surface area (Å²) in [6.45, 7) is 0. The van der Waals surface area contributed by atoms with Crippen molar-refractivity contribution in [2.45, 2.75) is 0 Å². The van der Waals surface area contributed by atoms with Gasteiger partial charge in [-0.1, -0.05) is 127 Å². The molecule has 2 heterocycles. The number of anilines is 3. The lowest BCUT2D eigenvalue weighted by Gasteiger charge is -2.26. The summed E-state index contributed by atoms with van der Waals surface area (Å²) in [6, 6.07) is 71.0. The van der Waals surface area contributed by atoms with Crippen molar-refractivity contribution in [3.05, 3.63) is 194 Å². The first-order chi connectivity index (χ1) is 26.3. The number of aromatic nitrogens is 1. The third-order valence-electron chi connectivity index (χ3n) is 10.8. The van der Waals surface area contributed by atoms with Crippen LogP contribution in [0.2, 0.25) is 0 Å². The number of rotatable bonds is 5. The molecule has 0 radical (unpaired) electrons. The molecule has 0 atom stereocenters. The van der Waals surface area contributed by atoms with Crippen molar-refractivity contribution in [2.75, 3.05) is 4.90 Å². The minimum absolute atomic E-state index is 1.11. The van der Waals surface area contributed by atoms with Gasteiger partial charge in [-0.05, 0) is 99.4 Å². The molecular formula is C50H32N2S. The van der Waals surface area contributed by atoms with Crippen LogP contribution in [0.5, 0.6) is 0 Å². The molecule has 2 nitrogen and oxygen atoms in total. The summed E-state index contributed by atoms with van der Waals surface area (Å²) in [6.07, 6.45) is 0. The van der Waals surface area contributed by atoms with Crippen LogP contribution in [0.15, 0.2) is 194 Å². The minimum atomic E-state index is 1.11. The molecule has 0 bridgehead atoms. The SMILES string of the molecule is c1ccc2cc3c(cc2c1)c1ccccc1n3-c1ccc(N(c2ccc(-c3cccc4ccccc34)cc2)c2cccc3c2sc2ccccc23)cc1. The van der Waals surface area contributed by atoms with Gasteiger partial charge in [-0.3, -0.25) is 0 Å². The summed E-state index contributed by atoms with van der Waals surface area (Å²) in [7, 11) is 0. The fourth-order valence-corrected chi connectivity index (χ4v) is 9.49. The summed E-state index contributed by atoms with van der Waals surface area (Å²) in [5.41, 5.74) is 9.43. The maximum Gasteiger partial charge on any atom is 0.0640 e. The highest BCUT2D eigenvalue weighted by Crippen LogP contribution is 2.45. The molecule has 0 N–H and O–H groups in total. The molecule has 0 aliphatic rings. The van der Waals surface area contributed by atoms with Gasteiger partial charge in [0.25, 0.3) is 0 Å². The van der Waals surface area contributed by atoms with Crippen molar-refractivity contribution in [3.63, 3.8) is 0 Å². The van der Waals surface area contributed by atoms with Gasteiger partial charge in [-0.15, -0.1) is 11.3 Å². The van der Waals surface area contributed by atoms with E-state index in [4.69, 9.17) is 0 Å². The van der Waals surface area contributed by atoms with E-state index < -0.39 is 0 Å². The maximum absolute atomic E-state index is 2.42.